The second kappa shape index (κ2) is 11.2. The zero-order valence-electron chi connectivity index (χ0n) is 19.0. The number of fused-ring (bicyclic) bond motifs is 1. The van der Waals surface area contributed by atoms with Crippen LogP contribution in [0.1, 0.15) is 12.5 Å². The average Bonchev–Trinajstić information content (AvgIpc) is 2.85. The number of aromatic amines is 1. The molecule has 11 heteroatoms. The van der Waals surface area contributed by atoms with E-state index in [9.17, 15) is 14.4 Å². The monoisotopic (exact) mass is 570 g/mol. The van der Waals surface area contributed by atoms with Crippen LogP contribution in [0, 0.1) is 0 Å². The number of rotatable bonds is 8. The van der Waals surface area contributed by atoms with E-state index < -0.39 is 11.2 Å². The summed E-state index contributed by atoms with van der Waals surface area (Å²) >= 11 is 9.29. The third-order valence-corrected chi connectivity index (χ3v) is 5.75. The maximum absolute atomic E-state index is 12.7. The molecule has 1 aromatic heterocycles. The summed E-state index contributed by atoms with van der Waals surface area (Å²) in [5.74, 6) is 0.306. The lowest BCUT2D eigenvalue weighted by Crippen LogP contribution is -2.32. The Morgan fingerprint density at radius 1 is 1.14 bits per heavy atom. The lowest BCUT2D eigenvalue weighted by atomic mass is 10.2. The number of ether oxygens (including phenoxy) is 2. The maximum atomic E-state index is 12.7. The van der Waals surface area contributed by atoms with E-state index in [4.69, 9.17) is 21.1 Å². The fourth-order valence-electron chi connectivity index (χ4n) is 3.32. The van der Waals surface area contributed by atoms with Crippen molar-refractivity contribution in [3.63, 3.8) is 0 Å². The van der Waals surface area contributed by atoms with Gasteiger partial charge in [0.05, 0.1) is 28.2 Å². The fraction of sp³-hybridized carbons (Fsp3) is 0.120. The van der Waals surface area contributed by atoms with Gasteiger partial charge in [-0.3, -0.25) is 9.59 Å². The zero-order chi connectivity index (χ0) is 25.7. The molecule has 1 heterocycles. The lowest BCUT2D eigenvalue weighted by Gasteiger charge is -2.14. The van der Waals surface area contributed by atoms with Crippen LogP contribution in [0.5, 0.6) is 11.5 Å². The third-order valence-electron chi connectivity index (χ3n) is 4.91. The number of anilines is 1. The van der Waals surface area contributed by atoms with Gasteiger partial charge in [-0.05, 0) is 76.9 Å². The SMILES string of the molecule is CCOc1cc(C=Nn2c(=O)[nH]c3ccccc3c2=O)cc(Br)c1OCC(=O)Nc1ccc(Cl)cc1. The number of carbonyl (C=O) groups excluding carboxylic acids is 1. The van der Waals surface area contributed by atoms with Crippen LogP contribution in [-0.4, -0.2) is 35.0 Å². The molecule has 184 valence electrons. The third kappa shape index (κ3) is 5.84. The van der Waals surface area contributed by atoms with Crippen molar-refractivity contribution >= 4 is 56.2 Å². The predicted molar refractivity (Wildman–Crippen MR) is 143 cm³/mol. The number of nitrogens with zero attached hydrogens (tertiary/aromatic N) is 2. The minimum Gasteiger partial charge on any atom is -0.490 e. The lowest BCUT2D eigenvalue weighted by molar-refractivity contribution is -0.118. The Morgan fingerprint density at radius 3 is 2.64 bits per heavy atom. The smallest absolute Gasteiger partial charge is 0.349 e. The van der Waals surface area contributed by atoms with Gasteiger partial charge < -0.3 is 19.8 Å². The van der Waals surface area contributed by atoms with Crippen LogP contribution in [0.4, 0.5) is 5.69 Å². The molecule has 3 aromatic carbocycles. The largest absolute Gasteiger partial charge is 0.490 e. The zero-order valence-corrected chi connectivity index (χ0v) is 21.3. The number of nitrogens with one attached hydrogen (secondary N) is 2. The van der Waals surface area contributed by atoms with Crippen molar-refractivity contribution in [2.75, 3.05) is 18.5 Å². The van der Waals surface area contributed by atoms with Crippen molar-refractivity contribution in [2.24, 2.45) is 5.10 Å². The van der Waals surface area contributed by atoms with Gasteiger partial charge in [0.1, 0.15) is 0 Å². The molecule has 0 aliphatic rings. The van der Waals surface area contributed by atoms with Crippen molar-refractivity contribution < 1.29 is 14.3 Å². The summed E-state index contributed by atoms with van der Waals surface area (Å²) in [5, 5.41) is 7.69. The molecule has 4 rings (SSSR count). The van der Waals surface area contributed by atoms with Gasteiger partial charge in [0.25, 0.3) is 11.5 Å². The quantitative estimate of drug-likeness (QED) is 0.304. The molecule has 9 nitrogen and oxygen atoms in total. The number of halogens is 2. The van der Waals surface area contributed by atoms with E-state index in [0.717, 1.165) is 4.68 Å². The van der Waals surface area contributed by atoms with E-state index in [0.29, 0.717) is 49.8 Å². The first-order chi connectivity index (χ1) is 17.4. The second-order valence-corrected chi connectivity index (χ2v) is 8.73. The molecule has 0 aliphatic heterocycles. The number of carbonyl (C=O) groups is 1. The van der Waals surface area contributed by atoms with Crippen LogP contribution >= 0.6 is 27.5 Å². The van der Waals surface area contributed by atoms with Gasteiger partial charge in [0, 0.05) is 10.7 Å². The number of H-pyrrole nitrogens is 1. The van der Waals surface area contributed by atoms with Crippen LogP contribution in [-0.2, 0) is 4.79 Å². The molecule has 36 heavy (non-hydrogen) atoms. The van der Waals surface area contributed by atoms with Crippen molar-refractivity contribution in [3.8, 4) is 11.5 Å². The molecule has 0 atom stereocenters. The van der Waals surface area contributed by atoms with Gasteiger partial charge in [-0.15, -0.1) is 4.68 Å². The Morgan fingerprint density at radius 2 is 1.89 bits per heavy atom. The summed E-state index contributed by atoms with van der Waals surface area (Å²) in [4.78, 5) is 40.0. The first-order valence-corrected chi connectivity index (χ1v) is 12.0. The topological polar surface area (TPSA) is 115 Å². The normalized spacial score (nSPS) is 11.1. The highest BCUT2D eigenvalue weighted by Crippen LogP contribution is 2.36. The molecule has 0 saturated heterocycles. The average molecular weight is 572 g/mol. The molecule has 0 unspecified atom stereocenters. The van der Waals surface area contributed by atoms with E-state index in [1.54, 1.807) is 67.6 Å². The number of amides is 1. The Bertz CT molecular complexity index is 1560. The van der Waals surface area contributed by atoms with Crippen molar-refractivity contribution in [3.05, 3.63) is 96.6 Å². The van der Waals surface area contributed by atoms with Crippen LogP contribution in [0.3, 0.4) is 0 Å². The summed E-state index contributed by atoms with van der Waals surface area (Å²) in [6.07, 6.45) is 1.36. The first-order valence-electron chi connectivity index (χ1n) is 10.8. The first kappa shape index (κ1) is 25.2. The molecule has 2 N–H and O–H groups in total. The summed E-state index contributed by atoms with van der Waals surface area (Å²) in [6.45, 7) is 1.88. The molecular weight excluding hydrogens is 552 g/mol. The van der Waals surface area contributed by atoms with Crippen LogP contribution < -0.4 is 26.0 Å². The van der Waals surface area contributed by atoms with Gasteiger partial charge in [-0.25, -0.2) is 4.79 Å². The van der Waals surface area contributed by atoms with Crippen LogP contribution in [0.25, 0.3) is 10.9 Å². The van der Waals surface area contributed by atoms with Gasteiger partial charge in [-0.2, -0.15) is 5.10 Å². The number of benzene rings is 3. The Hall–Kier alpha value is -3.89. The van der Waals surface area contributed by atoms with Crippen LogP contribution in [0.15, 0.2) is 79.8 Å². The highest BCUT2D eigenvalue weighted by Gasteiger charge is 2.14. The predicted octanol–water partition coefficient (Wildman–Crippen LogP) is 4.40. The van der Waals surface area contributed by atoms with E-state index in [-0.39, 0.29) is 12.5 Å². The van der Waals surface area contributed by atoms with Crippen LogP contribution in [0.2, 0.25) is 5.02 Å². The number of hydrogen-bond donors (Lipinski definition) is 2. The second-order valence-electron chi connectivity index (χ2n) is 7.44. The number of hydrogen-bond acceptors (Lipinski definition) is 6. The minimum absolute atomic E-state index is 0.267. The Kier molecular flexibility index (Phi) is 7.87. The molecule has 0 bridgehead atoms. The number of aromatic nitrogens is 2. The van der Waals surface area contributed by atoms with E-state index in [2.05, 4.69) is 31.3 Å². The van der Waals surface area contributed by atoms with Crippen molar-refractivity contribution in [1.29, 1.82) is 0 Å². The van der Waals surface area contributed by atoms with Gasteiger partial charge in [0.15, 0.2) is 18.1 Å². The molecular formula is C25H20BrClN4O5. The van der Waals surface area contributed by atoms with Gasteiger partial charge >= 0.3 is 5.69 Å². The summed E-state index contributed by atoms with van der Waals surface area (Å²) in [7, 11) is 0. The van der Waals surface area contributed by atoms with E-state index in [1.807, 2.05) is 0 Å². The standard InChI is InChI=1S/C25H20BrClN4O5/c1-2-35-21-12-15(13-28-31-24(33)18-5-3-4-6-20(18)30-25(31)34)11-19(26)23(21)36-14-22(32)29-17-9-7-16(27)8-10-17/h3-13H,2,14H2,1H3,(H,29,32)(H,30,34). The molecule has 0 aliphatic carbocycles. The minimum atomic E-state index is -0.661. The molecule has 0 radical (unpaired) electrons. The van der Waals surface area contributed by atoms with Crippen molar-refractivity contribution in [2.45, 2.75) is 6.92 Å². The Labute approximate surface area is 218 Å². The molecule has 4 aromatic rings. The number of para-hydroxylation sites is 1. The summed E-state index contributed by atoms with van der Waals surface area (Å²) < 4.78 is 12.6. The Balaban J connectivity index is 1.55. The van der Waals surface area contributed by atoms with E-state index in [1.165, 1.54) is 6.21 Å². The van der Waals surface area contributed by atoms with Gasteiger partial charge in [-0.1, -0.05) is 23.7 Å². The molecule has 1 amide bonds. The fourth-order valence-corrected chi connectivity index (χ4v) is 4.02. The molecule has 0 spiro atoms. The summed E-state index contributed by atoms with van der Waals surface area (Å²) in [5.41, 5.74) is 0.347. The summed E-state index contributed by atoms with van der Waals surface area (Å²) in [6, 6.07) is 16.7. The maximum Gasteiger partial charge on any atom is 0.349 e. The molecule has 0 saturated carbocycles. The highest BCUT2D eigenvalue weighted by molar-refractivity contribution is 9.10. The van der Waals surface area contributed by atoms with E-state index >= 15 is 0 Å². The molecule has 0 fully saturated rings. The highest BCUT2D eigenvalue weighted by atomic mass is 79.9. The van der Waals surface area contributed by atoms with Gasteiger partial charge in [0.2, 0.25) is 0 Å². The van der Waals surface area contributed by atoms with Crippen molar-refractivity contribution in [1.82, 2.24) is 9.66 Å².